The molecule has 0 heterocycles. The molecule has 0 saturated heterocycles. The lowest BCUT2D eigenvalue weighted by molar-refractivity contribution is -0.139. The topological polar surface area (TPSA) is 128 Å². The van der Waals surface area contributed by atoms with Gasteiger partial charge in [-0.1, -0.05) is 0 Å². The second-order valence-electron chi connectivity index (χ2n) is 4.69. The maximum Gasteiger partial charge on any atom is 0.326 e. The predicted octanol–water partition coefficient (Wildman–Crippen LogP) is -1.11. The van der Waals surface area contributed by atoms with Gasteiger partial charge in [0, 0.05) is 26.6 Å². The van der Waals surface area contributed by atoms with Crippen LogP contribution < -0.4 is 16.0 Å². The summed E-state index contributed by atoms with van der Waals surface area (Å²) in [5, 5.41) is 24.6. The molecule has 8 nitrogen and oxygen atoms in total. The van der Waals surface area contributed by atoms with Crippen molar-refractivity contribution < 1.29 is 24.6 Å². The minimum absolute atomic E-state index is 0.0595. The summed E-state index contributed by atoms with van der Waals surface area (Å²) < 4.78 is 0. The Kier molecular flexibility index (Phi) is 6.84. The van der Waals surface area contributed by atoms with E-state index in [4.69, 9.17) is 10.2 Å². The zero-order chi connectivity index (χ0) is 15.1. The molecule has 1 unspecified atom stereocenters. The number of aliphatic hydroxyl groups excluding tert-OH is 1. The highest BCUT2D eigenvalue weighted by atomic mass is 16.4. The van der Waals surface area contributed by atoms with Crippen molar-refractivity contribution in [2.45, 2.75) is 26.3 Å². The number of carbonyl (C=O) groups excluding carboxylic acids is 2. The van der Waals surface area contributed by atoms with E-state index in [9.17, 15) is 14.4 Å². The molecule has 1 atom stereocenters. The van der Waals surface area contributed by atoms with Crippen LogP contribution >= 0.6 is 0 Å². The van der Waals surface area contributed by atoms with E-state index in [1.165, 1.54) is 7.05 Å². The molecule has 3 amide bonds. The van der Waals surface area contributed by atoms with Gasteiger partial charge in [0.15, 0.2) is 0 Å². The van der Waals surface area contributed by atoms with E-state index in [-0.39, 0.29) is 25.5 Å². The number of aliphatic carboxylic acids is 1. The first-order valence-electron chi connectivity index (χ1n) is 5.84. The van der Waals surface area contributed by atoms with Crippen LogP contribution in [0.5, 0.6) is 0 Å². The molecule has 0 rings (SSSR count). The van der Waals surface area contributed by atoms with Gasteiger partial charge in [-0.2, -0.15) is 0 Å². The number of carbonyl (C=O) groups is 3. The molecule has 0 aromatic carbocycles. The van der Waals surface area contributed by atoms with E-state index < -0.39 is 23.5 Å². The number of hydrogen-bond donors (Lipinski definition) is 5. The lowest BCUT2D eigenvalue weighted by Crippen LogP contribution is -2.50. The van der Waals surface area contributed by atoms with Gasteiger partial charge in [0.25, 0.3) is 0 Å². The van der Waals surface area contributed by atoms with Crippen LogP contribution in [-0.2, 0) is 9.59 Å². The van der Waals surface area contributed by atoms with Gasteiger partial charge in [0.1, 0.15) is 6.04 Å². The molecule has 110 valence electrons. The molecule has 0 spiro atoms. The van der Waals surface area contributed by atoms with E-state index in [0.717, 1.165) is 0 Å². The van der Waals surface area contributed by atoms with Gasteiger partial charge in [0.2, 0.25) is 5.91 Å². The summed E-state index contributed by atoms with van der Waals surface area (Å²) in [5.41, 5.74) is -0.804. The highest BCUT2D eigenvalue weighted by Gasteiger charge is 2.27. The normalized spacial score (nSPS) is 12.4. The molecule has 5 N–H and O–H groups in total. The lowest BCUT2D eigenvalue weighted by Gasteiger charge is -2.23. The van der Waals surface area contributed by atoms with Gasteiger partial charge in [-0.05, 0) is 13.8 Å². The number of carboxylic acid groups (broad SMARTS) is 1. The third kappa shape index (κ3) is 6.05. The Morgan fingerprint density at radius 2 is 1.84 bits per heavy atom. The second-order valence-corrected chi connectivity index (χ2v) is 4.69. The number of aliphatic hydroxyl groups is 1. The van der Waals surface area contributed by atoms with Gasteiger partial charge < -0.3 is 26.2 Å². The van der Waals surface area contributed by atoms with Crippen LogP contribution in [-0.4, -0.2) is 54.4 Å². The molecule has 0 aromatic rings. The third-order valence-corrected chi connectivity index (χ3v) is 2.55. The first-order chi connectivity index (χ1) is 8.74. The molecule has 0 aliphatic carbocycles. The molecule has 0 radical (unpaired) electrons. The number of urea groups is 1. The van der Waals surface area contributed by atoms with Crippen molar-refractivity contribution in [2.24, 2.45) is 5.41 Å². The number of hydrogen-bond acceptors (Lipinski definition) is 4. The van der Waals surface area contributed by atoms with Crippen molar-refractivity contribution in [1.82, 2.24) is 16.0 Å². The van der Waals surface area contributed by atoms with E-state index in [2.05, 4.69) is 16.0 Å². The van der Waals surface area contributed by atoms with Crippen LogP contribution in [0.25, 0.3) is 0 Å². The summed E-state index contributed by atoms with van der Waals surface area (Å²) in [4.78, 5) is 33.7. The molecule has 0 aliphatic heterocycles. The van der Waals surface area contributed by atoms with Crippen LogP contribution in [0.4, 0.5) is 4.79 Å². The Bertz CT molecular complexity index is 343. The lowest BCUT2D eigenvalue weighted by atomic mass is 9.92. The number of rotatable bonds is 7. The van der Waals surface area contributed by atoms with Gasteiger partial charge >= 0.3 is 12.0 Å². The SMILES string of the molecule is CNC(=O)C(C)(C)CNC(=O)NC(CCO)C(=O)O. The van der Waals surface area contributed by atoms with Crippen LogP contribution in [0, 0.1) is 5.41 Å². The largest absolute Gasteiger partial charge is 0.480 e. The van der Waals surface area contributed by atoms with Gasteiger partial charge in [-0.25, -0.2) is 9.59 Å². The van der Waals surface area contributed by atoms with Crippen molar-refractivity contribution in [2.75, 3.05) is 20.2 Å². The van der Waals surface area contributed by atoms with Gasteiger partial charge in [-0.3, -0.25) is 4.79 Å². The van der Waals surface area contributed by atoms with Crippen LogP contribution in [0.2, 0.25) is 0 Å². The van der Waals surface area contributed by atoms with Crippen molar-refractivity contribution in [3.8, 4) is 0 Å². The summed E-state index contributed by atoms with van der Waals surface area (Å²) in [5.74, 6) is -1.47. The monoisotopic (exact) mass is 275 g/mol. The maximum atomic E-state index is 11.5. The van der Waals surface area contributed by atoms with Crippen molar-refractivity contribution in [1.29, 1.82) is 0 Å². The molecule has 0 aliphatic rings. The molecular formula is C11H21N3O5. The highest BCUT2D eigenvalue weighted by molar-refractivity contribution is 5.84. The molecule has 0 fully saturated rings. The fourth-order valence-corrected chi connectivity index (χ4v) is 1.32. The number of amides is 3. The summed E-state index contributed by atoms with van der Waals surface area (Å²) in [6.45, 7) is 3.01. The highest BCUT2D eigenvalue weighted by Crippen LogP contribution is 2.12. The van der Waals surface area contributed by atoms with Crippen molar-refractivity contribution in [3.63, 3.8) is 0 Å². The summed E-state index contributed by atoms with van der Waals surface area (Å²) >= 11 is 0. The molecule has 0 bridgehead atoms. The zero-order valence-electron chi connectivity index (χ0n) is 11.3. The Hall–Kier alpha value is -1.83. The fourth-order valence-electron chi connectivity index (χ4n) is 1.32. The van der Waals surface area contributed by atoms with E-state index in [1.807, 2.05) is 0 Å². The quantitative estimate of drug-likeness (QED) is 0.402. The zero-order valence-corrected chi connectivity index (χ0v) is 11.3. The molecular weight excluding hydrogens is 254 g/mol. The Morgan fingerprint density at radius 1 is 1.26 bits per heavy atom. The summed E-state index contributed by atoms with van der Waals surface area (Å²) in [6.07, 6.45) is -0.0818. The van der Waals surface area contributed by atoms with Gasteiger partial charge in [0.05, 0.1) is 5.41 Å². The predicted molar refractivity (Wildman–Crippen MR) is 67.5 cm³/mol. The molecule has 8 heteroatoms. The minimum Gasteiger partial charge on any atom is -0.480 e. The van der Waals surface area contributed by atoms with E-state index in [1.54, 1.807) is 13.8 Å². The average Bonchev–Trinajstić information content (AvgIpc) is 2.34. The first-order valence-corrected chi connectivity index (χ1v) is 5.84. The molecule has 0 aromatic heterocycles. The van der Waals surface area contributed by atoms with E-state index >= 15 is 0 Å². The average molecular weight is 275 g/mol. The third-order valence-electron chi connectivity index (χ3n) is 2.55. The van der Waals surface area contributed by atoms with Gasteiger partial charge in [-0.15, -0.1) is 0 Å². The number of nitrogens with one attached hydrogen (secondary N) is 3. The summed E-state index contributed by atoms with van der Waals surface area (Å²) in [7, 11) is 1.49. The fraction of sp³-hybridized carbons (Fsp3) is 0.727. The standard InChI is InChI=1S/C11H21N3O5/c1-11(2,9(18)12-3)6-13-10(19)14-7(4-5-15)8(16)17/h7,15H,4-6H2,1-3H3,(H,12,18)(H,16,17)(H2,13,14,19). The second kappa shape index (κ2) is 7.57. The first kappa shape index (κ1) is 17.2. The smallest absolute Gasteiger partial charge is 0.326 e. The Balaban J connectivity index is 4.31. The van der Waals surface area contributed by atoms with Crippen LogP contribution in [0.1, 0.15) is 20.3 Å². The summed E-state index contributed by atoms with van der Waals surface area (Å²) in [6, 6.07) is -1.86. The van der Waals surface area contributed by atoms with Crippen molar-refractivity contribution >= 4 is 17.9 Å². The van der Waals surface area contributed by atoms with Crippen molar-refractivity contribution in [3.05, 3.63) is 0 Å². The molecule has 19 heavy (non-hydrogen) atoms. The molecule has 0 saturated carbocycles. The Labute approximate surface area is 111 Å². The minimum atomic E-state index is -1.23. The van der Waals surface area contributed by atoms with Crippen LogP contribution in [0.3, 0.4) is 0 Å². The number of carboxylic acids is 1. The van der Waals surface area contributed by atoms with E-state index in [0.29, 0.717) is 0 Å². The maximum absolute atomic E-state index is 11.5. The van der Waals surface area contributed by atoms with Crippen LogP contribution in [0.15, 0.2) is 0 Å². The Morgan fingerprint density at radius 3 is 2.26 bits per heavy atom.